The molecule has 0 saturated carbocycles. The first kappa shape index (κ1) is 11.9. The molecule has 0 bridgehead atoms. The number of rotatable bonds is 3. The molecule has 0 N–H and O–H groups in total. The van der Waals surface area contributed by atoms with E-state index < -0.39 is 0 Å². The molecule has 0 amide bonds. The molecule has 1 rings (SSSR count). The number of Topliss-reactive ketones (excluding diaryl/α,β-unsaturated/α-hetero) is 1. The first-order valence-corrected chi connectivity index (χ1v) is 5.30. The van der Waals surface area contributed by atoms with Gasteiger partial charge in [-0.1, -0.05) is 5.92 Å². The zero-order valence-corrected chi connectivity index (χ0v) is 9.93. The van der Waals surface area contributed by atoms with Gasteiger partial charge in [-0.15, -0.1) is 18.0 Å². The Bertz CT molecular complexity index is 426. The van der Waals surface area contributed by atoms with Gasteiger partial charge in [-0.3, -0.25) is 4.79 Å². The molecule has 2 nitrogen and oxygen atoms in total. The van der Waals surface area contributed by atoms with Crippen LogP contribution in [-0.2, 0) is 0 Å². The fourth-order valence-electron chi connectivity index (χ4n) is 1.80. The molecule has 0 aliphatic heterocycles. The highest BCUT2D eigenvalue weighted by Crippen LogP contribution is 2.20. The summed E-state index contributed by atoms with van der Waals surface area (Å²) in [5.74, 6) is 2.61. The van der Waals surface area contributed by atoms with Gasteiger partial charge >= 0.3 is 0 Å². The standard InChI is InChI=1S/C12H14ClNO/c1-5-8(2)14-9(3)6-11(10(14)4)12(15)7-13/h1,6,8H,7H2,2-4H3. The van der Waals surface area contributed by atoms with Gasteiger partial charge in [0.25, 0.3) is 0 Å². The van der Waals surface area contributed by atoms with Crippen LogP contribution in [0.25, 0.3) is 0 Å². The van der Waals surface area contributed by atoms with Crippen molar-refractivity contribution in [3.05, 3.63) is 23.0 Å². The zero-order chi connectivity index (χ0) is 11.6. The highest BCUT2D eigenvalue weighted by molar-refractivity contribution is 6.30. The predicted molar refractivity (Wildman–Crippen MR) is 62.5 cm³/mol. The Labute approximate surface area is 95.2 Å². The lowest BCUT2D eigenvalue weighted by atomic mass is 10.2. The third-order valence-corrected chi connectivity index (χ3v) is 2.78. The minimum absolute atomic E-state index is 0.00866. The van der Waals surface area contributed by atoms with Crippen LogP contribution in [0.15, 0.2) is 6.07 Å². The third kappa shape index (κ3) is 2.08. The lowest BCUT2D eigenvalue weighted by molar-refractivity contribution is 0.102. The number of terminal acetylenes is 1. The van der Waals surface area contributed by atoms with Crippen molar-refractivity contribution >= 4 is 17.4 Å². The molecule has 1 unspecified atom stereocenters. The van der Waals surface area contributed by atoms with E-state index in [1.807, 2.05) is 31.4 Å². The summed E-state index contributed by atoms with van der Waals surface area (Å²) in [6, 6.07) is 1.80. The van der Waals surface area contributed by atoms with E-state index in [0.29, 0.717) is 5.56 Å². The topological polar surface area (TPSA) is 22.0 Å². The molecule has 0 saturated heterocycles. The summed E-state index contributed by atoms with van der Waals surface area (Å²) in [5.41, 5.74) is 2.56. The van der Waals surface area contributed by atoms with E-state index >= 15 is 0 Å². The van der Waals surface area contributed by atoms with Crippen LogP contribution >= 0.6 is 11.6 Å². The Morgan fingerprint density at radius 2 is 2.27 bits per heavy atom. The van der Waals surface area contributed by atoms with Gasteiger partial charge in [0.2, 0.25) is 0 Å². The Kier molecular flexibility index (Phi) is 3.60. The summed E-state index contributed by atoms with van der Waals surface area (Å²) in [5, 5.41) is 0. The maximum Gasteiger partial charge on any atom is 0.179 e. The van der Waals surface area contributed by atoms with E-state index in [4.69, 9.17) is 18.0 Å². The molecule has 0 aromatic carbocycles. The number of ketones is 1. The monoisotopic (exact) mass is 223 g/mol. The van der Waals surface area contributed by atoms with Crippen LogP contribution in [0.1, 0.15) is 34.7 Å². The second-order valence-electron chi connectivity index (χ2n) is 3.55. The summed E-state index contributed by atoms with van der Waals surface area (Å²) in [6.45, 7) is 5.75. The molecular weight excluding hydrogens is 210 g/mol. The van der Waals surface area contributed by atoms with E-state index in [1.54, 1.807) is 0 Å². The molecule has 1 aromatic heterocycles. The van der Waals surface area contributed by atoms with Gasteiger partial charge in [0.15, 0.2) is 5.78 Å². The van der Waals surface area contributed by atoms with Gasteiger partial charge in [0.05, 0.1) is 11.9 Å². The van der Waals surface area contributed by atoms with Crippen LogP contribution in [0, 0.1) is 26.2 Å². The van der Waals surface area contributed by atoms with Crippen LogP contribution in [-0.4, -0.2) is 16.2 Å². The second kappa shape index (κ2) is 4.55. The quantitative estimate of drug-likeness (QED) is 0.439. The molecule has 1 atom stereocenters. The van der Waals surface area contributed by atoms with Crippen LogP contribution in [0.5, 0.6) is 0 Å². The van der Waals surface area contributed by atoms with Gasteiger partial charge in [0, 0.05) is 17.0 Å². The van der Waals surface area contributed by atoms with E-state index in [9.17, 15) is 4.79 Å². The van der Waals surface area contributed by atoms with Crippen molar-refractivity contribution < 1.29 is 4.79 Å². The summed E-state index contributed by atoms with van der Waals surface area (Å²) in [6.07, 6.45) is 5.38. The number of aryl methyl sites for hydroxylation is 1. The smallest absolute Gasteiger partial charge is 0.179 e. The Morgan fingerprint density at radius 3 is 2.73 bits per heavy atom. The zero-order valence-electron chi connectivity index (χ0n) is 9.17. The van der Waals surface area contributed by atoms with Gasteiger partial charge < -0.3 is 4.57 Å². The molecule has 15 heavy (non-hydrogen) atoms. The lowest BCUT2D eigenvalue weighted by Gasteiger charge is -2.12. The lowest BCUT2D eigenvalue weighted by Crippen LogP contribution is -2.08. The number of carbonyl (C=O) groups is 1. The summed E-state index contributed by atoms with van der Waals surface area (Å²) in [4.78, 5) is 11.5. The summed E-state index contributed by atoms with van der Waals surface area (Å²) in [7, 11) is 0. The first-order valence-electron chi connectivity index (χ1n) is 4.76. The van der Waals surface area contributed by atoms with E-state index in [2.05, 4.69) is 5.92 Å². The Morgan fingerprint density at radius 1 is 1.67 bits per heavy atom. The second-order valence-corrected chi connectivity index (χ2v) is 3.82. The summed E-state index contributed by atoms with van der Waals surface area (Å²) >= 11 is 5.53. The minimum atomic E-state index is -0.0553. The number of hydrogen-bond donors (Lipinski definition) is 0. The van der Waals surface area contributed by atoms with Crippen LogP contribution in [0.3, 0.4) is 0 Å². The molecule has 1 aromatic rings. The third-order valence-electron chi connectivity index (χ3n) is 2.53. The molecule has 0 fully saturated rings. The Balaban J connectivity index is 3.28. The maximum absolute atomic E-state index is 11.5. The van der Waals surface area contributed by atoms with Crippen LogP contribution in [0.4, 0.5) is 0 Å². The van der Waals surface area contributed by atoms with Crippen molar-refractivity contribution in [2.24, 2.45) is 0 Å². The van der Waals surface area contributed by atoms with Gasteiger partial charge in [-0.05, 0) is 26.8 Å². The van der Waals surface area contributed by atoms with E-state index in [-0.39, 0.29) is 17.7 Å². The fraction of sp³-hybridized carbons (Fsp3) is 0.417. The average Bonchev–Trinajstić information content (AvgIpc) is 2.52. The van der Waals surface area contributed by atoms with Gasteiger partial charge in [-0.25, -0.2) is 0 Å². The predicted octanol–water partition coefficient (Wildman–Crippen LogP) is 2.72. The molecule has 0 radical (unpaired) electrons. The van der Waals surface area contributed by atoms with Crippen molar-refractivity contribution in [3.8, 4) is 12.3 Å². The molecule has 80 valence electrons. The number of hydrogen-bond acceptors (Lipinski definition) is 1. The first-order chi connectivity index (χ1) is 7.02. The van der Waals surface area contributed by atoms with Crippen LogP contribution < -0.4 is 0 Å². The van der Waals surface area contributed by atoms with E-state index in [0.717, 1.165) is 11.4 Å². The van der Waals surface area contributed by atoms with Crippen molar-refractivity contribution in [2.45, 2.75) is 26.8 Å². The molecule has 3 heteroatoms. The minimum Gasteiger partial charge on any atom is -0.335 e. The highest BCUT2D eigenvalue weighted by atomic mass is 35.5. The number of carbonyl (C=O) groups excluding carboxylic acids is 1. The largest absolute Gasteiger partial charge is 0.335 e. The van der Waals surface area contributed by atoms with Crippen molar-refractivity contribution in [1.82, 2.24) is 4.57 Å². The SMILES string of the molecule is C#CC(C)n1c(C)cc(C(=O)CCl)c1C. The molecular formula is C12H14ClNO. The average molecular weight is 224 g/mol. The highest BCUT2D eigenvalue weighted by Gasteiger charge is 2.16. The number of aromatic nitrogens is 1. The maximum atomic E-state index is 11.5. The fourth-order valence-corrected chi connectivity index (χ4v) is 1.95. The summed E-state index contributed by atoms with van der Waals surface area (Å²) < 4.78 is 1.97. The van der Waals surface area contributed by atoms with Crippen molar-refractivity contribution in [1.29, 1.82) is 0 Å². The number of nitrogens with zero attached hydrogens (tertiary/aromatic N) is 1. The van der Waals surface area contributed by atoms with Crippen LogP contribution in [0.2, 0.25) is 0 Å². The van der Waals surface area contributed by atoms with E-state index in [1.165, 1.54) is 0 Å². The number of alkyl halides is 1. The Hall–Kier alpha value is -1.20. The molecule has 1 heterocycles. The van der Waals surface area contributed by atoms with Gasteiger partial charge in [0.1, 0.15) is 0 Å². The van der Waals surface area contributed by atoms with Gasteiger partial charge in [-0.2, -0.15) is 0 Å². The number of halogens is 1. The molecule has 0 aliphatic carbocycles. The molecule has 0 spiro atoms. The normalized spacial score (nSPS) is 12.2. The van der Waals surface area contributed by atoms with Crippen molar-refractivity contribution in [3.63, 3.8) is 0 Å². The van der Waals surface area contributed by atoms with Crippen molar-refractivity contribution in [2.75, 3.05) is 5.88 Å². The molecule has 0 aliphatic rings.